The van der Waals surface area contributed by atoms with Gasteiger partial charge in [-0.2, -0.15) is 0 Å². The van der Waals surface area contributed by atoms with E-state index in [2.05, 4.69) is 24.1 Å². The van der Waals surface area contributed by atoms with E-state index in [9.17, 15) is 4.79 Å². The number of amides is 1. The lowest BCUT2D eigenvalue weighted by atomic mass is 10.1. The Bertz CT molecular complexity index is 1240. The third-order valence-electron chi connectivity index (χ3n) is 5.58. The number of nitrogens with one attached hydrogen (secondary N) is 1. The highest BCUT2D eigenvalue weighted by molar-refractivity contribution is 5.95. The minimum absolute atomic E-state index is 0.247. The Balaban J connectivity index is 1.47. The summed E-state index contributed by atoms with van der Waals surface area (Å²) in [6, 6.07) is 15.0. The van der Waals surface area contributed by atoms with Crippen LogP contribution in [0.2, 0.25) is 0 Å². The fourth-order valence-corrected chi connectivity index (χ4v) is 3.57. The lowest BCUT2D eigenvalue weighted by molar-refractivity contribution is 0.0950. The number of benzene rings is 3. The fraction of sp³-hybridized carbons (Fsp3) is 0.231. The van der Waals surface area contributed by atoms with Gasteiger partial charge in [0.2, 0.25) is 11.6 Å². The first-order chi connectivity index (χ1) is 15.9. The minimum Gasteiger partial charge on any atom is -0.493 e. The van der Waals surface area contributed by atoms with Gasteiger partial charge in [-0.3, -0.25) is 4.79 Å². The Morgan fingerprint density at radius 3 is 2.15 bits per heavy atom. The summed E-state index contributed by atoms with van der Waals surface area (Å²) in [6.07, 6.45) is 0. The number of hydrogen-bond donors (Lipinski definition) is 1. The number of aryl methyl sites for hydroxylation is 2. The van der Waals surface area contributed by atoms with Gasteiger partial charge in [0, 0.05) is 17.7 Å². The SMILES string of the molecule is COc1cc(C(=O)NCc2ccc(-c3nc4cc(C)c(C)cc4o3)cc2)cc(OC)c1OC. The molecule has 7 nitrogen and oxygen atoms in total. The van der Waals surface area contributed by atoms with Crippen molar-refractivity contribution >= 4 is 17.0 Å². The zero-order valence-corrected chi connectivity index (χ0v) is 19.3. The monoisotopic (exact) mass is 446 g/mol. The van der Waals surface area contributed by atoms with Crippen LogP contribution in [0.25, 0.3) is 22.6 Å². The number of methoxy groups -OCH3 is 3. The zero-order valence-electron chi connectivity index (χ0n) is 19.3. The summed E-state index contributed by atoms with van der Waals surface area (Å²) in [6.45, 7) is 4.48. The zero-order chi connectivity index (χ0) is 23.5. The van der Waals surface area contributed by atoms with Gasteiger partial charge in [0.1, 0.15) is 5.52 Å². The molecule has 1 N–H and O–H groups in total. The second-order valence-electron chi connectivity index (χ2n) is 7.72. The lowest BCUT2D eigenvalue weighted by Crippen LogP contribution is -2.22. The molecule has 1 amide bonds. The van der Waals surface area contributed by atoms with Crippen LogP contribution in [0.4, 0.5) is 0 Å². The fourth-order valence-electron chi connectivity index (χ4n) is 3.57. The van der Waals surface area contributed by atoms with E-state index in [0.717, 1.165) is 22.2 Å². The summed E-state index contributed by atoms with van der Waals surface area (Å²) >= 11 is 0. The highest BCUT2D eigenvalue weighted by Crippen LogP contribution is 2.38. The number of hydrogen-bond acceptors (Lipinski definition) is 6. The van der Waals surface area contributed by atoms with Gasteiger partial charge in [0.05, 0.1) is 21.3 Å². The number of oxazole rings is 1. The number of ether oxygens (including phenoxy) is 3. The van der Waals surface area contributed by atoms with Crippen molar-refractivity contribution in [1.29, 1.82) is 0 Å². The van der Waals surface area contributed by atoms with Gasteiger partial charge in [0.25, 0.3) is 5.91 Å². The molecule has 0 bridgehead atoms. The van der Waals surface area contributed by atoms with Crippen LogP contribution in [0.15, 0.2) is 52.9 Å². The molecule has 0 unspecified atom stereocenters. The van der Waals surface area contributed by atoms with Gasteiger partial charge in [-0.15, -0.1) is 0 Å². The predicted octanol–water partition coefficient (Wildman–Crippen LogP) is 5.07. The summed E-state index contributed by atoms with van der Waals surface area (Å²) in [4.78, 5) is 17.3. The summed E-state index contributed by atoms with van der Waals surface area (Å²) in [5, 5.41) is 2.92. The molecule has 1 aromatic heterocycles. The van der Waals surface area contributed by atoms with Crippen molar-refractivity contribution in [2.45, 2.75) is 20.4 Å². The molecule has 4 rings (SSSR count). The van der Waals surface area contributed by atoms with Gasteiger partial charge in [-0.25, -0.2) is 4.98 Å². The number of nitrogens with zero attached hydrogens (tertiary/aromatic N) is 1. The molecule has 0 spiro atoms. The molecule has 33 heavy (non-hydrogen) atoms. The Hall–Kier alpha value is -4.00. The molecule has 0 saturated heterocycles. The first kappa shape index (κ1) is 22.2. The first-order valence-corrected chi connectivity index (χ1v) is 10.5. The maximum atomic E-state index is 12.7. The molecule has 170 valence electrons. The number of fused-ring (bicyclic) bond motifs is 1. The smallest absolute Gasteiger partial charge is 0.251 e. The summed E-state index contributed by atoms with van der Waals surface area (Å²) < 4.78 is 21.9. The van der Waals surface area contributed by atoms with E-state index in [-0.39, 0.29) is 5.91 Å². The van der Waals surface area contributed by atoms with Crippen molar-refractivity contribution in [3.05, 3.63) is 70.8 Å². The quantitative estimate of drug-likeness (QED) is 0.427. The average molecular weight is 447 g/mol. The van der Waals surface area contributed by atoms with Crippen molar-refractivity contribution in [3.63, 3.8) is 0 Å². The van der Waals surface area contributed by atoms with E-state index in [1.165, 1.54) is 32.5 Å². The molecule has 1 heterocycles. The second-order valence-corrected chi connectivity index (χ2v) is 7.72. The molecular formula is C26H26N2O5. The van der Waals surface area contributed by atoms with E-state index in [1.807, 2.05) is 36.4 Å². The average Bonchev–Trinajstić information content (AvgIpc) is 3.24. The van der Waals surface area contributed by atoms with Crippen LogP contribution in [0.3, 0.4) is 0 Å². The van der Waals surface area contributed by atoms with Crippen LogP contribution >= 0.6 is 0 Å². The van der Waals surface area contributed by atoms with Crippen LogP contribution < -0.4 is 19.5 Å². The minimum atomic E-state index is -0.247. The summed E-state index contributed by atoms with van der Waals surface area (Å²) in [5.74, 6) is 1.62. The summed E-state index contributed by atoms with van der Waals surface area (Å²) in [7, 11) is 4.55. The van der Waals surface area contributed by atoms with Crippen LogP contribution in [0.1, 0.15) is 27.0 Å². The molecule has 0 saturated carbocycles. The Labute approximate surface area is 192 Å². The number of carbonyl (C=O) groups excluding carboxylic acids is 1. The van der Waals surface area contributed by atoms with Crippen molar-refractivity contribution in [2.24, 2.45) is 0 Å². The number of carbonyl (C=O) groups is 1. The molecule has 4 aromatic rings. The Morgan fingerprint density at radius 1 is 0.909 bits per heavy atom. The van der Waals surface area contributed by atoms with E-state index in [4.69, 9.17) is 18.6 Å². The van der Waals surface area contributed by atoms with Crippen LogP contribution in [-0.2, 0) is 6.54 Å². The normalized spacial score (nSPS) is 10.8. The van der Waals surface area contributed by atoms with E-state index >= 15 is 0 Å². The van der Waals surface area contributed by atoms with Crippen LogP contribution in [-0.4, -0.2) is 32.2 Å². The molecule has 7 heteroatoms. The highest BCUT2D eigenvalue weighted by Gasteiger charge is 2.17. The van der Waals surface area contributed by atoms with Crippen molar-refractivity contribution in [1.82, 2.24) is 10.3 Å². The Morgan fingerprint density at radius 2 is 1.55 bits per heavy atom. The van der Waals surface area contributed by atoms with Gasteiger partial charge in [0.15, 0.2) is 17.1 Å². The molecule has 0 aliphatic carbocycles. The predicted molar refractivity (Wildman–Crippen MR) is 126 cm³/mol. The first-order valence-electron chi connectivity index (χ1n) is 10.5. The highest BCUT2D eigenvalue weighted by atomic mass is 16.5. The standard InChI is InChI=1S/C26H26N2O5/c1-15-10-20-21(11-16(15)2)33-26(28-20)18-8-6-17(7-9-18)14-27-25(29)19-12-22(30-3)24(32-5)23(13-19)31-4/h6-13H,14H2,1-5H3,(H,27,29). The molecule has 0 aliphatic heterocycles. The van der Waals surface area contributed by atoms with E-state index in [1.54, 1.807) is 12.1 Å². The van der Waals surface area contributed by atoms with Crippen molar-refractivity contribution < 1.29 is 23.4 Å². The second kappa shape index (κ2) is 9.24. The van der Waals surface area contributed by atoms with Crippen LogP contribution in [0.5, 0.6) is 17.2 Å². The molecule has 0 radical (unpaired) electrons. The molecule has 3 aromatic carbocycles. The third-order valence-corrected chi connectivity index (χ3v) is 5.58. The van der Waals surface area contributed by atoms with E-state index < -0.39 is 0 Å². The molecular weight excluding hydrogens is 420 g/mol. The van der Waals surface area contributed by atoms with Gasteiger partial charge in [-0.1, -0.05) is 12.1 Å². The van der Waals surface area contributed by atoms with Crippen LogP contribution in [0, 0.1) is 13.8 Å². The van der Waals surface area contributed by atoms with Crippen molar-refractivity contribution in [2.75, 3.05) is 21.3 Å². The molecule has 0 fully saturated rings. The van der Waals surface area contributed by atoms with Gasteiger partial charge in [-0.05, 0) is 66.9 Å². The number of aromatic nitrogens is 1. The van der Waals surface area contributed by atoms with E-state index in [0.29, 0.717) is 35.2 Å². The Kier molecular flexibility index (Phi) is 6.22. The topological polar surface area (TPSA) is 82.8 Å². The number of rotatable bonds is 7. The van der Waals surface area contributed by atoms with Crippen molar-refractivity contribution in [3.8, 4) is 28.7 Å². The largest absolute Gasteiger partial charge is 0.493 e. The molecule has 0 atom stereocenters. The maximum absolute atomic E-state index is 12.7. The molecule has 0 aliphatic rings. The summed E-state index contributed by atoms with van der Waals surface area (Å²) in [5.41, 5.74) is 6.20. The maximum Gasteiger partial charge on any atom is 0.251 e. The lowest BCUT2D eigenvalue weighted by Gasteiger charge is -2.14. The van der Waals surface area contributed by atoms with Gasteiger partial charge < -0.3 is 23.9 Å². The van der Waals surface area contributed by atoms with Gasteiger partial charge >= 0.3 is 0 Å². The third kappa shape index (κ3) is 4.48.